The number of carbonyl (C=O) groups excluding carboxylic acids is 2. The van der Waals surface area contributed by atoms with Crippen molar-refractivity contribution in [1.82, 2.24) is 10.3 Å². The van der Waals surface area contributed by atoms with E-state index in [1.807, 2.05) is 19.1 Å². The van der Waals surface area contributed by atoms with Crippen molar-refractivity contribution in [3.8, 4) is 0 Å². The highest BCUT2D eigenvalue weighted by Crippen LogP contribution is 2.33. The van der Waals surface area contributed by atoms with Gasteiger partial charge in [-0.15, -0.1) is 0 Å². The summed E-state index contributed by atoms with van der Waals surface area (Å²) in [7, 11) is 1.30. The van der Waals surface area contributed by atoms with Crippen LogP contribution in [0.15, 0.2) is 24.4 Å². The van der Waals surface area contributed by atoms with Crippen molar-refractivity contribution in [3.05, 3.63) is 30.1 Å². The highest BCUT2D eigenvalue weighted by atomic mass is 16.5. The SMILES string of the molecule is COC(=O)C(NC(=O)C(N)CC1CC1)C(C)c1ccccn1. The van der Waals surface area contributed by atoms with Crippen molar-refractivity contribution in [1.29, 1.82) is 0 Å². The number of aromatic nitrogens is 1. The number of esters is 1. The molecule has 1 aliphatic rings. The third kappa shape index (κ3) is 4.27. The molecule has 0 aromatic carbocycles. The number of carbonyl (C=O) groups is 2. The van der Waals surface area contributed by atoms with Gasteiger partial charge in [0, 0.05) is 17.8 Å². The van der Waals surface area contributed by atoms with Crippen molar-refractivity contribution in [2.24, 2.45) is 11.7 Å². The summed E-state index contributed by atoms with van der Waals surface area (Å²) in [4.78, 5) is 28.5. The minimum Gasteiger partial charge on any atom is -0.467 e. The van der Waals surface area contributed by atoms with Gasteiger partial charge in [-0.1, -0.05) is 25.8 Å². The van der Waals surface area contributed by atoms with Gasteiger partial charge in [0.05, 0.1) is 13.2 Å². The number of pyridine rings is 1. The lowest BCUT2D eigenvalue weighted by atomic mass is 9.97. The van der Waals surface area contributed by atoms with E-state index in [1.165, 1.54) is 7.11 Å². The van der Waals surface area contributed by atoms with Gasteiger partial charge in [-0.25, -0.2) is 4.79 Å². The molecule has 120 valence electrons. The summed E-state index contributed by atoms with van der Waals surface area (Å²) in [5.41, 5.74) is 6.62. The van der Waals surface area contributed by atoms with E-state index in [4.69, 9.17) is 10.5 Å². The van der Waals surface area contributed by atoms with E-state index in [1.54, 1.807) is 12.3 Å². The maximum absolute atomic E-state index is 12.2. The largest absolute Gasteiger partial charge is 0.467 e. The number of nitrogens with one attached hydrogen (secondary N) is 1. The predicted octanol–water partition coefficient (Wildman–Crippen LogP) is 0.970. The standard InChI is InChI=1S/C16H23N3O3/c1-10(13-5-3-4-8-18-13)14(16(21)22-2)19-15(20)12(17)9-11-6-7-11/h3-5,8,10-12,14H,6-7,9,17H2,1-2H3,(H,19,20). The number of methoxy groups -OCH3 is 1. The number of ether oxygens (including phenoxy) is 1. The average Bonchev–Trinajstić information content (AvgIpc) is 3.35. The van der Waals surface area contributed by atoms with Crippen molar-refractivity contribution in [3.63, 3.8) is 0 Å². The van der Waals surface area contributed by atoms with Crippen molar-refractivity contribution in [2.75, 3.05) is 7.11 Å². The molecule has 6 nitrogen and oxygen atoms in total. The molecule has 1 fully saturated rings. The van der Waals surface area contributed by atoms with Gasteiger partial charge in [0.2, 0.25) is 5.91 Å². The Kier molecular flexibility index (Phi) is 5.49. The van der Waals surface area contributed by atoms with Crippen LogP contribution in [-0.4, -0.2) is 36.1 Å². The van der Waals surface area contributed by atoms with Crippen LogP contribution in [0.1, 0.15) is 37.8 Å². The highest BCUT2D eigenvalue weighted by Gasteiger charge is 2.33. The number of rotatable bonds is 7. The van der Waals surface area contributed by atoms with Crippen LogP contribution in [0.3, 0.4) is 0 Å². The van der Waals surface area contributed by atoms with Gasteiger partial charge in [-0.05, 0) is 24.5 Å². The smallest absolute Gasteiger partial charge is 0.329 e. The molecule has 6 heteroatoms. The topological polar surface area (TPSA) is 94.3 Å². The van der Waals surface area contributed by atoms with Crippen molar-refractivity contribution >= 4 is 11.9 Å². The molecule has 1 heterocycles. The van der Waals surface area contributed by atoms with Gasteiger partial charge in [0.1, 0.15) is 6.04 Å². The molecule has 0 saturated heterocycles. The summed E-state index contributed by atoms with van der Waals surface area (Å²) in [5.74, 6) is -0.563. The number of hydrogen-bond donors (Lipinski definition) is 2. The van der Waals surface area contributed by atoms with Crippen molar-refractivity contribution in [2.45, 2.75) is 44.2 Å². The zero-order valence-electron chi connectivity index (χ0n) is 13.0. The second-order valence-corrected chi connectivity index (χ2v) is 5.84. The monoisotopic (exact) mass is 305 g/mol. The summed E-state index contributed by atoms with van der Waals surface area (Å²) in [6, 6.07) is 4.08. The summed E-state index contributed by atoms with van der Waals surface area (Å²) in [6.45, 7) is 1.83. The molecule has 1 saturated carbocycles. The van der Waals surface area contributed by atoms with Crippen LogP contribution < -0.4 is 11.1 Å². The quantitative estimate of drug-likeness (QED) is 0.732. The Bertz CT molecular complexity index is 517. The molecule has 0 spiro atoms. The number of amides is 1. The molecule has 0 aliphatic heterocycles. The molecule has 3 atom stereocenters. The number of hydrogen-bond acceptors (Lipinski definition) is 5. The molecule has 1 aromatic heterocycles. The van der Waals surface area contributed by atoms with E-state index in [-0.39, 0.29) is 11.8 Å². The van der Waals surface area contributed by atoms with Crippen molar-refractivity contribution < 1.29 is 14.3 Å². The lowest BCUT2D eigenvalue weighted by Gasteiger charge is -2.24. The van der Waals surface area contributed by atoms with Gasteiger partial charge in [-0.2, -0.15) is 0 Å². The fourth-order valence-corrected chi connectivity index (χ4v) is 2.41. The van der Waals surface area contributed by atoms with Crippen LogP contribution >= 0.6 is 0 Å². The normalized spacial score (nSPS) is 18.1. The molecule has 0 radical (unpaired) electrons. The van der Waals surface area contributed by atoms with Gasteiger partial charge >= 0.3 is 5.97 Å². The van der Waals surface area contributed by atoms with Gasteiger partial charge < -0.3 is 15.8 Å². The van der Waals surface area contributed by atoms with E-state index in [0.717, 1.165) is 12.8 Å². The Balaban J connectivity index is 2.05. The summed E-state index contributed by atoms with van der Waals surface area (Å²) in [5, 5.41) is 2.72. The zero-order valence-corrected chi connectivity index (χ0v) is 13.0. The van der Waals surface area contributed by atoms with Crippen LogP contribution in [0.5, 0.6) is 0 Å². The maximum atomic E-state index is 12.2. The van der Waals surface area contributed by atoms with Crippen LogP contribution in [-0.2, 0) is 14.3 Å². The average molecular weight is 305 g/mol. The summed E-state index contributed by atoms with van der Waals surface area (Å²) in [6.07, 6.45) is 4.58. The van der Waals surface area contributed by atoms with Gasteiger partial charge in [0.15, 0.2) is 0 Å². The molecule has 1 amide bonds. The molecule has 22 heavy (non-hydrogen) atoms. The first-order valence-electron chi connectivity index (χ1n) is 7.57. The third-order valence-corrected chi connectivity index (χ3v) is 4.03. The molecule has 0 bridgehead atoms. The van der Waals surface area contributed by atoms with Crippen LogP contribution in [0.25, 0.3) is 0 Å². The second kappa shape index (κ2) is 7.35. The Morgan fingerprint density at radius 3 is 2.73 bits per heavy atom. The van der Waals surface area contributed by atoms with E-state index in [2.05, 4.69) is 10.3 Å². The Morgan fingerprint density at radius 1 is 1.45 bits per heavy atom. The minimum absolute atomic E-state index is 0.300. The lowest BCUT2D eigenvalue weighted by molar-refractivity contribution is -0.145. The molecule has 3 unspecified atom stereocenters. The second-order valence-electron chi connectivity index (χ2n) is 5.84. The fourth-order valence-electron chi connectivity index (χ4n) is 2.41. The first kappa shape index (κ1) is 16.4. The Labute approximate surface area is 130 Å². The molecular weight excluding hydrogens is 282 g/mol. The van der Waals surface area contributed by atoms with Crippen LogP contribution in [0, 0.1) is 5.92 Å². The molecule has 2 rings (SSSR count). The first-order valence-corrected chi connectivity index (χ1v) is 7.57. The molecule has 1 aromatic rings. The Morgan fingerprint density at radius 2 is 2.18 bits per heavy atom. The predicted molar refractivity (Wildman–Crippen MR) is 81.9 cm³/mol. The molecule has 3 N–H and O–H groups in total. The Hall–Kier alpha value is -1.95. The minimum atomic E-state index is -0.794. The third-order valence-electron chi connectivity index (χ3n) is 4.03. The number of nitrogens with zero attached hydrogens (tertiary/aromatic N) is 1. The summed E-state index contributed by atoms with van der Waals surface area (Å²) >= 11 is 0. The lowest BCUT2D eigenvalue weighted by Crippen LogP contribution is -2.51. The highest BCUT2D eigenvalue weighted by molar-refractivity contribution is 5.88. The number of nitrogens with two attached hydrogens (primary N) is 1. The van der Waals surface area contributed by atoms with Gasteiger partial charge in [0.25, 0.3) is 0 Å². The van der Waals surface area contributed by atoms with Crippen LogP contribution in [0.2, 0.25) is 0 Å². The fraction of sp³-hybridized carbons (Fsp3) is 0.562. The van der Waals surface area contributed by atoms with E-state index in [9.17, 15) is 9.59 Å². The molecule has 1 aliphatic carbocycles. The van der Waals surface area contributed by atoms with Crippen LogP contribution in [0.4, 0.5) is 0 Å². The van der Waals surface area contributed by atoms with E-state index in [0.29, 0.717) is 18.0 Å². The first-order chi connectivity index (χ1) is 10.5. The maximum Gasteiger partial charge on any atom is 0.329 e. The summed E-state index contributed by atoms with van der Waals surface area (Å²) < 4.78 is 4.81. The van der Waals surface area contributed by atoms with E-state index >= 15 is 0 Å². The van der Waals surface area contributed by atoms with E-state index < -0.39 is 18.1 Å². The zero-order chi connectivity index (χ0) is 16.1. The van der Waals surface area contributed by atoms with Gasteiger partial charge in [-0.3, -0.25) is 9.78 Å². The molecular formula is C16H23N3O3.